The molecule has 1 atom stereocenters. The number of nitrogens with one attached hydrogen (secondary N) is 1. The van der Waals surface area contributed by atoms with Crippen LogP contribution < -0.4 is 11.1 Å². The lowest BCUT2D eigenvalue weighted by Gasteiger charge is -2.32. The first-order valence-electron chi connectivity index (χ1n) is 8.59. The van der Waals surface area contributed by atoms with Crippen molar-refractivity contribution in [1.82, 2.24) is 9.97 Å². The molecule has 0 saturated carbocycles. The highest BCUT2D eigenvalue weighted by molar-refractivity contribution is 9.10. The molecule has 26 heavy (non-hydrogen) atoms. The molecule has 0 saturated heterocycles. The van der Waals surface area contributed by atoms with Crippen LogP contribution in [-0.4, -0.2) is 16.5 Å². The van der Waals surface area contributed by atoms with Crippen LogP contribution in [0.5, 0.6) is 0 Å². The SMILES string of the molecule is CC(C)(CNc1ccc(Br)c(-c2ccncc2)n1)C(N)c1ccccc1. The topological polar surface area (TPSA) is 63.8 Å². The summed E-state index contributed by atoms with van der Waals surface area (Å²) in [5, 5.41) is 3.45. The standard InChI is InChI=1S/C21H23BrN4/c1-21(2,20(23)16-6-4-3-5-7-16)14-25-18-9-8-17(22)19(26-18)15-10-12-24-13-11-15/h3-13,20H,14,23H2,1-2H3,(H,25,26). The van der Waals surface area contributed by atoms with Crippen LogP contribution in [0, 0.1) is 5.41 Å². The summed E-state index contributed by atoms with van der Waals surface area (Å²) in [6, 6.07) is 18.0. The van der Waals surface area contributed by atoms with E-state index in [1.807, 2.05) is 42.5 Å². The van der Waals surface area contributed by atoms with Gasteiger partial charge in [-0.3, -0.25) is 4.98 Å². The molecule has 0 fully saturated rings. The smallest absolute Gasteiger partial charge is 0.126 e. The van der Waals surface area contributed by atoms with E-state index in [1.165, 1.54) is 0 Å². The first-order valence-corrected chi connectivity index (χ1v) is 9.38. The molecule has 0 aliphatic rings. The third-order valence-corrected chi connectivity index (χ3v) is 5.17. The summed E-state index contributed by atoms with van der Waals surface area (Å²) in [5.74, 6) is 0.827. The molecule has 2 heterocycles. The first kappa shape index (κ1) is 18.5. The van der Waals surface area contributed by atoms with E-state index in [0.29, 0.717) is 6.54 Å². The number of nitrogens with two attached hydrogens (primary N) is 1. The van der Waals surface area contributed by atoms with Crippen LogP contribution in [0.15, 0.2) is 71.5 Å². The molecule has 3 N–H and O–H groups in total. The van der Waals surface area contributed by atoms with Crippen molar-refractivity contribution in [3.63, 3.8) is 0 Å². The summed E-state index contributed by atoms with van der Waals surface area (Å²) < 4.78 is 0.953. The van der Waals surface area contributed by atoms with Crippen molar-refractivity contribution >= 4 is 21.7 Å². The third-order valence-electron chi connectivity index (χ3n) is 4.53. The maximum atomic E-state index is 6.51. The predicted molar refractivity (Wildman–Crippen MR) is 111 cm³/mol. The zero-order valence-corrected chi connectivity index (χ0v) is 16.6. The van der Waals surface area contributed by atoms with Crippen molar-refractivity contribution in [2.24, 2.45) is 11.1 Å². The van der Waals surface area contributed by atoms with E-state index >= 15 is 0 Å². The van der Waals surface area contributed by atoms with Gasteiger partial charge in [-0.2, -0.15) is 0 Å². The van der Waals surface area contributed by atoms with E-state index in [2.05, 4.69) is 52.2 Å². The van der Waals surface area contributed by atoms with Gasteiger partial charge >= 0.3 is 0 Å². The van der Waals surface area contributed by atoms with Gasteiger partial charge < -0.3 is 11.1 Å². The fraction of sp³-hybridized carbons (Fsp3) is 0.238. The van der Waals surface area contributed by atoms with Gasteiger partial charge in [0, 0.05) is 40.4 Å². The molecular weight excluding hydrogens is 388 g/mol. The van der Waals surface area contributed by atoms with E-state index in [4.69, 9.17) is 10.7 Å². The fourth-order valence-electron chi connectivity index (χ4n) is 2.79. The Morgan fingerprint density at radius 3 is 2.42 bits per heavy atom. The quantitative estimate of drug-likeness (QED) is 0.596. The van der Waals surface area contributed by atoms with Gasteiger partial charge in [-0.1, -0.05) is 44.2 Å². The number of benzene rings is 1. The van der Waals surface area contributed by atoms with Crippen molar-refractivity contribution in [2.75, 3.05) is 11.9 Å². The van der Waals surface area contributed by atoms with Crippen molar-refractivity contribution in [3.8, 4) is 11.3 Å². The summed E-state index contributed by atoms with van der Waals surface area (Å²) in [7, 11) is 0. The van der Waals surface area contributed by atoms with E-state index in [1.54, 1.807) is 12.4 Å². The Kier molecular flexibility index (Phi) is 5.69. The number of pyridine rings is 2. The summed E-state index contributed by atoms with van der Waals surface area (Å²) in [4.78, 5) is 8.82. The molecule has 0 radical (unpaired) electrons. The molecule has 0 spiro atoms. The average molecular weight is 411 g/mol. The summed E-state index contributed by atoms with van der Waals surface area (Å²) in [5.41, 5.74) is 9.43. The van der Waals surface area contributed by atoms with Gasteiger partial charge in [0.15, 0.2) is 0 Å². The molecular formula is C21H23BrN4. The second-order valence-electron chi connectivity index (χ2n) is 6.99. The molecule has 2 aromatic heterocycles. The molecule has 1 unspecified atom stereocenters. The summed E-state index contributed by atoms with van der Waals surface area (Å²) >= 11 is 3.58. The Morgan fingerprint density at radius 2 is 1.73 bits per heavy atom. The number of aromatic nitrogens is 2. The minimum atomic E-state index is -0.132. The Hall–Kier alpha value is -2.24. The predicted octanol–water partition coefficient (Wildman–Crippen LogP) is 5.04. The van der Waals surface area contributed by atoms with Crippen molar-refractivity contribution in [1.29, 1.82) is 0 Å². The van der Waals surface area contributed by atoms with Crippen LogP contribution >= 0.6 is 15.9 Å². The first-order chi connectivity index (χ1) is 12.5. The van der Waals surface area contributed by atoms with E-state index < -0.39 is 0 Å². The Bertz CT molecular complexity index is 850. The van der Waals surface area contributed by atoms with Gasteiger partial charge in [0.1, 0.15) is 5.82 Å². The number of halogens is 1. The lowest BCUT2D eigenvalue weighted by molar-refractivity contribution is 0.310. The minimum Gasteiger partial charge on any atom is -0.369 e. The summed E-state index contributed by atoms with van der Waals surface area (Å²) in [6.07, 6.45) is 3.54. The van der Waals surface area contributed by atoms with Crippen LogP contribution in [0.1, 0.15) is 25.5 Å². The minimum absolute atomic E-state index is 0.0636. The Labute approximate surface area is 163 Å². The average Bonchev–Trinajstić information content (AvgIpc) is 2.68. The molecule has 0 bridgehead atoms. The number of anilines is 1. The number of hydrogen-bond acceptors (Lipinski definition) is 4. The van der Waals surface area contributed by atoms with Crippen LogP contribution in [0.25, 0.3) is 11.3 Å². The Morgan fingerprint density at radius 1 is 1.04 bits per heavy atom. The van der Waals surface area contributed by atoms with E-state index in [9.17, 15) is 0 Å². The lowest BCUT2D eigenvalue weighted by atomic mass is 9.81. The normalized spacial score (nSPS) is 12.6. The zero-order valence-electron chi connectivity index (χ0n) is 15.0. The fourth-order valence-corrected chi connectivity index (χ4v) is 3.24. The van der Waals surface area contributed by atoms with Crippen molar-refractivity contribution < 1.29 is 0 Å². The molecule has 3 rings (SSSR count). The van der Waals surface area contributed by atoms with Gasteiger partial charge in [-0.15, -0.1) is 0 Å². The zero-order chi connectivity index (χ0) is 18.6. The van der Waals surface area contributed by atoms with Gasteiger partial charge in [0.05, 0.1) is 5.69 Å². The molecule has 0 aliphatic carbocycles. The third kappa shape index (κ3) is 4.29. The highest BCUT2D eigenvalue weighted by Gasteiger charge is 2.27. The highest BCUT2D eigenvalue weighted by atomic mass is 79.9. The molecule has 134 valence electrons. The maximum Gasteiger partial charge on any atom is 0.126 e. The van der Waals surface area contributed by atoms with Crippen LogP contribution in [-0.2, 0) is 0 Å². The molecule has 1 aromatic carbocycles. The van der Waals surface area contributed by atoms with Crippen molar-refractivity contribution in [2.45, 2.75) is 19.9 Å². The molecule has 5 heteroatoms. The monoisotopic (exact) mass is 410 g/mol. The van der Waals surface area contributed by atoms with Gasteiger partial charge in [-0.25, -0.2) is 4.98 Å². The Balaban J connectivity index is 1.75. The second-order valence-corrected chi connectivity index (χ2v) is 7.85. The molecule has 0 aliphatic heterocycles. The molecule has 4 nitrogen and oxygen atoms in total. The second kappa shape index (κ2) is 7.98. The van der Waals surface area contributed by atoms with Crippen LogP contribution in [0.4, 0.5) is 5.82 Å². The molecule has 0 amide bonds. The van der Waals surface area contributed by atoms with Crippen LogP contribution in [0.2, 0.25) is 0 Å². The lowest BCUT2D eigenvalue weighted by Crippen LogP contribution is -2.35. The number of rotatable bonds is 6. The summed E-state index contributed by atoms with van der Waals surface area (Å²) in [6.45, 7) is 5.05. The van der Waals surface area contributed by atoms with Gasteiger partial charge in [0.25, 0.3) is 0 Å². The van der Waals surface area contributed by atoms with Gasteiger partial charge in [-0.05, 0) is 45.8 Å². The van der Waals surface area contributed by atoms with Crippen molar-refractivity contribution in [3.05, 3.63) is 77.0 Å². The maximum absolute atomic E-state index is 6.51. The largest absolute Gasteiger partial charge is 0.369 e. The number of nitrogens with zero attached hydrogens (tertiary/aromatic N) is 2. The number of hydrogen-bond donors (Lipinski definition) is 2. The van der Waals surface area contributed by atoms with Gasteiger partial charge in [0.2, 0.25) is 0 Å². The highest BCUT2D eigenvalue weighted by Crippen LogP contribution is 2.32. The van der Waals surface area contributed by atoms with E-state index in [0.717, 1.165) is 27.1 Å². The molecule has 3 aromatic rings. The van der Waals surface area contributed by atoms with Crippen LogP contribution in [0.3, 0.4) is 0 Å². The van der Waals surface area contributed by atoms with E-state index in [-0.39, 0.29) is 11.5 Å².